The number of aryl methyl sites for hydroxylation is 1. The molecule has 17 heavy (non-hydrogen) atoms. The van der Waals surface area contributed by atoms with Gasteiger partial charge in [0.1, 0.15) is 0 Å². The Morgan fingerprint density at radius 3 is 2.65 bits per heavy atom. The van der Waals surface area contributed by atoms with Crippen LogP contribution in [0.1, 0.15) is 35.6 Å². The minimum absolute atomic E-state index is 0.395. The van der Waals surface area contributed by atoms with Crippen molar-refractivity contribution in [1.82, 2.24) is 0 Å². The van der Waals surface area contributed by atoms with E-state index in [9.17, 15) is 18.3 Å². The summed E-state index contributed by atoms with van der Waals surface area (Å²) in [6.07, 6.45) is -3.35. The van der Waals surface area contributed by atoms with Crippen molar-refractivity contribution < 1.29 is 18.3 Å². The predicted molar refractivity (Wildman–Crippen MR) is 57.3 cm³/mol. The van der Waals surface area contributed by atoms with E-state index in [0.717, 1.165) is 12.1 Å². The average molecular weight is 245 g/mol. The number of aliphatic hydroxyl groups excluding tert-OH is 1. The number of nitrogens with two attached hydrogens (primary N) is 1. The van der Waals surface area contributed by atoms with Gasteiger partial charge in [-0.15, -0.1) is 0 Å². The first-order valence-electron chi connectivity index (χ1n) is 5.53. The molecule has 94 valence electrons. The molecule has 0 unspecified atom stereocenters. The van der Waals surface area contributed by atoms with E-state index in [1.165, 1.54) is 6.07 Å². The first kappa shape index (κ1) is 12.4. The molecule has 0 aromatic heterocycles. The van der Waals surface area contributed by atoms with Gasteiger partial charge in [0.15, 0.2) is 0 Å². The van der Waals surface area contributed by atoms with E-state index in [1.807, 2.05) is 0 Å². The first-order chi connectivity index (χ1) is 7.89. The zero-order valence-corrected chi connectivity index (χ0v) is 9.17. The van der Waals surface area contributed by atoms with Crippen LogP contribution in [-0.4, -0.2) is 11.1 Å². The van der Waals surface area contributed by atoms with Crippen molar-refractivity contribution in [1.29, 1.82) is 0 Å². The Bertz CT molecular complexity index is 417. The van der Waals surface area contributed by atoms with Gasteiger partial charge in [-0.05, 0) is 42.5 Å². The summed E-state index contributed by atoms with van der Waals surface area (Å²) in [6.45, 7) is 0. The highest BCUT2D eigenvalue weighted by molar-refractivity contribution is 5.36. The molecule has 0 spiro atoms. The van der Waals surface area contributed by atoms with E-state index in [1.54, 1.807) is 0 Å². The predicted octanol–water partition coefficient (Wildman–Crippen LogP) is 2.40. The highest BCUT2D eigenvalue weighted by Gasteiger charge is 2.32. The average Bonchev–Trinajstić information content (AvgIpc) is 2.38. The molecule has 0 amide bonds. The summed E-state index contributed by atoms with van der Waals surface area (Å²) in [5.74, 6) is 0. The van der Waals surface area contributed by atoms with Crippen molar-refractivity contribution in [3.8, 4) is 0 Å². The van der Waals surface area contributed by atoms with Gasteiger partial charge in [0.2, 0.25) is 0 Å². The number of hydrogen-bond acceptors (Lipinski definition) is 2. The Balaban J connectivity index is 2.43. The molecule has 1 aliphatic rings. The summed E-state index contributed by atoms with van der Waals surface area (Å²) in [7, 11) is 0. The summed E-state index contributed by atoms with van der Waals surface area (Å²) >= 11 is 0. The summed E-state index contributed by atoms with van der Waals surface area (Å²) in [4.78, 5) is 0. The number of fused-ring (bicyclic) bond motifs is 1. The fourth-order valence-electron chi connectivity index (χ4n) is 2.20. The number of benzene rings is 1. The van der Waals surface area contributed by atoms with E-state index in [2.05, 4.69) is 0 Å². The van der Waals surface area contributed by atoms with Crippen LogP contribution in [0, 0.1) is 0 Å². The third-order valence-corrected chi connectivity index (χ3v) is 3.18. The smallest absolute Gasteiger partial charge is 0.387 e. The van der Waals surface area contributed by atoms with Crippen molar-refractivity contribution in [2.45, 2.75) is 37.6 Å². The van der Waals surface area contributed by atoms with Gasteiger partial charge in [-0.1, -0.05) is 6.07 Å². The highest BCUT2D eigenvalue weighted by atomic mass is 19.4. The second-order valence-electron chi connectivity index (χ2n) is 4.41. The molecule has 0 radical (unpaired) electrons. The lowest BCUT2D eigenvalue weighted by atomic mass is 9.97. The SMILES string of the molecule is N[C@@H]1CCCc2cc(C(F)(F)F)ccc2[C@H]1O. The van der Waals surface area contributed by atoms with Gasteiger partial charge >= 0.3 is 6.18 Å². The van der Waals surface area contributed by atoms with Crippen molar-refractivity contribution in [3.05, 3.63) is 34.9 Å². The maximum Gasteiger partial charge on any atom is 0.416 e. The minimum Gasteiger partial charge on any atom is -0.387 e. The van der Waals surface area contributed by atoms with Crippen molar-refractivity contribution >= 4 is 0 Å². The van der Waals surface area contributed by atoms with Crippen LogP contribution >= 0.6 is 0 Å². The molecule has 0 fully saturated rings. The van der Waals surface area contributed by atoms with Gasteiger partial charge in [-0.3, -0.25) is 0 Å². The molecule has 0 saturated heterocycles. The fourth-order valence-corrected chi connectivity index (χ4v) is 2.20. The lowest BCUT2D eigenvalue weighted by Gasteiger charge is -2.18. The van der Waals surface area contributed by atoms with E-state index in [0.29, 0.717) is 30.4 Å². The van der Waals surface area contributed by atoms with E-state index in [-0.39, 0.29) is 0 Å². The van der Waals surface area contributed by atoms with Gasteiger partial charge in [0.05, 0.1) is 11.7 Å². The van der Waals surface area contributed by atoms with Crippen LogP contribution in [0.5, 0.6) is 0 Å². The molecule has 1 aromatic carbocycles. The summed E-state index contributed by atoms with van der Waals surface area (Å²) in [5, 5.41) is 9.90. The van der Waals surface area contributed by atoms with E-state index >= 15 is 0 Å². The maximum atomic E-state index is 12.5. The molecule has 3 N–H and O–H groups in total. The first-order valence-corrected chi connectivity index (χ1v) is 5.53. The van der Waals surface area contributed by atoms with Crippen molar-refractivity contribution in [3.63, 3.8) is 0 Å². The Morgan fingerprint density at radius 1 is 1.29 bits per heavy atom. The number of halogens is 3. The van der Waals surface area contributed by atoms with Gasteiger partial charge in [0.25, 0.3) is 0 Å². The molecule has 2 nitrogen and oxygen atoms in total. The van der Waals surface area contributed by atoms with Crippen LogP contribution in [0.4, 0.5) is 13.2 Å². The molecule has 1 aromatic rings. The molecule has 0 aliphatic heterocycles. The van der Waals surface area contributed by atoms with Gasteiger partial charge in [-0.2, -0.15) is 13.2 Å². The number of aliphatic hydroxyl groups is 1. The van der Waals surface area contributed by atoms with Crippen molar-refractivity contribution in [2.75, 3.05) is 0 Å². The van der Waals surface area contributed by atoms with Crippen molar-refractivity contribution in [2.24, 2.45) is 5.73 Å². The third-order valence-electron chi connectivity index (χ3n) is 3.18. The second-order valence-corrected chi connectivity index (χ2v) is 4.41. The summed E-state index contributed by atoms with van der Waals surface area (Å²) in [5.41, 5.74) is 6.16. The number of alkyl halides is 3. The van der Waals surface area contributed by atoms with E-state index in [4.69, 9.17) is 5.73 Å². The molecule has 2 rings (SSSR count). The standard InChI is InChI=1S/C12H14F3NO/c13-12(14,15)8-4-5-9-7(6-8)2-1-3-10(16)11(9)17/h4-6,10-11,17H,1-3,16H2/t10-,11-/m1/s1. The number of rotatable bonds is 0. The minimum atomic E-state index is -4.34. The van der Waals surface area contributed by atoms with E-state index < -0.39 is 23.9 Å². The van der Waals surface area contributed by atoms with Crippen LogP contribution < -0.4 is 5.73 Å². The molecule has 0 bridgehead atoms. The second kappa shape index (κ2) is 4.31. The normalized spacial score (nSPS) is 25.2. The zero-order valence-electron chi connectivity index (χ0n) is 9.17. The van der Waals surface area contributed by atoms with Gasteiger partial charge in [-0.25, -0.2) is 0 Å². The topological polar surface area (TPSA) is 46.2 Å². The lowest BCUT2D eigenvalue weighted by Crippen LogP contribution is -2.27. The van der Waals surface area contributed by atoms with Crippen LogP contribution in [-0.2, 0) is 12.6 Å². The monoisotopic (exact) mass is 245 g/mol. The maximum absolute atomic E-state index is 12.5. The Kier molecular flexibility index (Phi) is 3.14. The molecule has 0 saturated carbocycles. The molecular formula is C12H14F3NO. The lowest BCUT2D eigenvalue weighted by molar-refractivity contribution is -0.137. The third kappa shape index (κ3) is 2.45. The largest absolute Gasteiger partial charge is 0.416 e. The van der Waals surface area contributed by atoms with Gasteiger partial charge < -0.3 is 10.8 Å². The van der Waals surface area contributed by atoms with Crippen LogP contribution in [0.2, 0.25) is 0 Å². The molecular weight excluding hydrogens is 231 g/mol. The molecule has 1 aliphatic carbocycles. The molecule has 0 heterocycles. The molecule has 2 atom stereocenters. The van der Waals surface area contributed by atoms with Crippen LogP contribution in [0.15, 0.2) is 18.2 Å². The number of hydrogen-bond donors (Lipinski definition) is 2. The zero-order chi connectivity index (χ0) is 12.6. The Labute approximate surface area is 97.2 Å². The van der Waals surface area contributed by atoms with Crippen LogP contribution in [0.25, 0.3) is 0 Å². The van der Waals surface area contributed by atoms with Gasteiger partial charge in [0, 0.05) is 6.04 Å². The summed E-state index contributed by atoms with van der Waals surface area (Å²) in [6, 6.07) is 3.07. The Morgan fingerprint density at radius 2 is 2.00 bits per heavy atom. The quantitative estimate of drug-likeness (QED) is 0.689. The molecule has 5 heteroatoms. The fraction of sp³-hybridized carbons (Fsp3) is 0.500. The summed E-state index contributed by atoms with van der Waals surface area (Å²) < 4.78 is 37.6. The van der Waals surface area contributed by atoms with Crippen LogP contribution in [0.3, 0.4) is 0 Å². The highest BCUT2D eigenvalue weighted by Crippen LogP contribution is 2.34. The Hall–Kier alpha value is -1.07.